The molecule has 0 radical (unpaired) electrons. The lowest BCUT2D eigenvalue weighted by Gasteiger charge is -2.19. The average Bonchev–Trinajstić information content (AvgIpc) is 2.45. The number of hydrogen-bond acceptors (Lipinski definition) is 4. The fourth-order valence-corrected chi connectivity index (χ4v) is 1.63. The van der Waals surface area contributed by atoms with Crippen molar-refractivity contribution >= 4 is 11.6 Å². The molecular formula is C14H22N2O3. The molecule has 2 atom stereocenters. The normalized spacial score (nSPS) is 13.5. The Hall–Kier alpha value is -1.75. The lowest BCUT2D eigenvalue weighted by atomic mass is 9.99. The van der Waals surface area contributed by atoms with E-state index in [9.17, 15) is 4.79 Å². The summed E-state index contributed by atoms with van der Waals surface area (Å²) in [6.45, 7) is 3.96. The molecule has 0 saturated heterocycles. The highest BCUT2D eigenvalue weighted by Gasteiger charge is 2.20. The number of methoxy groups -OCH3 is 2. The highest BCUT2D eigenvalue weighted by molar-refractivity contribution is 5.96. The van der Waals surface area contributed by atoms with E-state index in [-0.39, 0.29) is 11.8 Å². The number of benzene rings is 1. The first-order chi connectivity index (χ1) is 9.03. The van der Waals surface area contributed by atoms with E-state index in [4.69, 9.17) is 15.2 Å². The molecule has 0 saturated carbocycles. The minimum absolute atomic E-state index is 0.129. The monoisotopic (exact) mass is 266 g/mol. The number of anilines is 1. The number of hydrogen-bond donors (Lipinski definition) is 2. The Bertz CT molecular complexity index is 435. The van der Waals surface area contributed by atoms with E-state index < -0.39 is 6.04 Å². The van der Waals surface area contributed by atoms with E-state index in [2.05, 4.69) is 5.32 Å². The van der Waals surface area contributed by atoms with Gasteiger partial charge < -0.3 is 20.5 Å². The van der Waals surface area contributed by atoms with Crippen molar-refractivity contribution in [3.8, 4) is 11.5 Å². The fourth-order valence-electron chi connectivity index (χ4n) is 1.63. The second-order valence-corrected chi connectivity index (χ2v) is 4.47. The van der Waals surface area contributed by atoms with Gasteiger partial charge in [-0.1, -0.05) is 20.3 Å². The van der Waals surface area contributed by atoms with E-state index in [0.29, 0.717) is 17.2 Å². The molecule has 106 valence electrons. The minimum atomic E-state index is -0.531. The molecule has 0 aliphatic heterocycles. The van der Waals surface area contributed by atoms with Crippen LogP contribution in [0.5, 0.6) is 11.5 Å². The summed E-state index contributed by atoms with van der Waals surface area (Å²) in [7, 11) is 3.12. The predicted molar refractivity (Wildman–Crippen MR) is 75.6 cm³/mol. The van der Waals surface area contributed by atoms with Gasteiger partial charge in [0.05, 0.1) is 25.9 Å². The maximum absolute atomic E-state index is 12.0. The van der Waals surface area contributed by atoms with Crippen molar-refractivity contribution in [1.29, 1.82) is 0 Å². The highest BCUT2D eigenvalue weighted by Crippen LogP contribution is 2.29. The van der Waals surface area contributed by atoms with Gasteiger partial charge in [-0.2, -0.15) is 0 Å². The van der Waals surface area contributed by atoms with Gasteiger partial charge in [-0.25, -0.2) is 0 Å². The van der Waals surface area contributed by atoms with Crippen LogP contribution >= 0.6 is 0 Å². The summed E-state index contributed by atoms with van der Waals surface area (Å²) in [5.74, 6) is 1.13. The molecule has 3 N–H and O–H groups in total. The van der Waals surface area contributed by atoms with Gasteiger partial charge in [0.1, 0.15) is 11.5 Å². The van der Waals surface area contributed by atoms with Gasteiger partial charge in [0, 0.05) is 6.07 Å². The van der Waals surface area contributed by atoms with Gasteiger partial charge in [0.25, 0.3) is 0 Å². The highest BCUT2D eigenvalue weighted by atomic mass is 16.5. The van der Waals surface area contributed by atoms with Crippen LogP contribution in [0.1, 0.15) is 20.3 Å². The molecule has 0 bridgehead atoms. The van der Waals surface area contributed by atoms with Crippen molar-refractivity contribution in [2.75, 3.05) is 19.5 Å². The van der Waals surface area contributed by atoms with Crippen LogP contribution in [0.15, 0.2) is 18.2 Å². The standard InChI is InChI=1S/C14H22N2O3/c1-5-9(2)13(15)14(17)16-11-7-6-10(18-3)8-12(11)19-4/h6-9,13H,5,15H2,1-4H3,(H,16,17). The first-order valence-corrected chi connectivity index (χ1v) is 6.31. The van der Waals surface area contributed by atoms with Crippen molar-refractivity contribution in [3.63, 3.8) is 0 Å². The van der Waals surface area contributed by atoms with Crippen molar-refractivity contribution in [2.24, 2.45) is 11.7 Å². The first kappa shape index (κ1) is 15.3. The number of rotatable bonds is 6. The number of nitrogens with one attached hydrogen (secondary N) is 1. The molecule has 5 heteroatoms. The van der Waals surface area contributed by atoms with Crippen LogP contribution in [0.4, 0.5) is 5.69 Å². The van der Waals surface area contributed by atoms with E-state index in [1.54, 1.807) is 32.4 Å². The fraction of sp³-hybridized carbons (Fsp3) is 0.500. The molecule has 0 aliphatic rings. The minimum Gasteiger partial charge on any atom is -0.497 e. The van der Waals surface area contributed by atoms with Crippen LogP contribution < -0.4 is 20.5 Å². The lowest BCUT2D eigenvalue weighted by Crippen LogP contribution is -2.40. The van der Waals surface area contributed by atoms with E-state index in [1.807, 2.05) is 13.8 Å². The van der Waals surface area contributed by atoms with Crippen LogP contribution in [0, 0.1) is 5.92 Å². The Kier molecular flexibility index (Phi) is 5.63. The zero-order valence-corrected chi connectivity index (χ0v) is 11.9. The van der Waals surface area contributed by atoms with Gasteiger partial charge in [0.2, 0.25) is 5.91 Å². The molecule has 1 aromatic carbocycles. The first-order valence-electron chi connectivity index (χ1n) is 6.31. The third kappa shape index (κ3) is 3.86. The Morgan fingerprint density at radius 3 is 2.58 bits per heavy atom. The number of carbonyl (C=O) groups excluding carboxylic acids is 1. The van der Waals surface area contributed by atoms with Crippen LogP contribution in [-0.4, -0.2) is 26.2 Å². The average molecular weight is 266 g/mol. The quantitative estimate of drug-likeness (QED) is 0.826. The Morgan fingerprint density at radius 1 is 1.37 bits per heavy atom. The van der Waals surface area contributed by atoms with Crippen molar-refractivity contribution in [3.05, 3.63) is 18.2 Å². The van der Waals surface area contributed by atoms with Crippen LogP contribution in [0.25, 0.3) is 0 Å². The summed E-state index contributed by atoms with van der Waals surface area (Å²) < 4.78 is 10.3. The molecule has 5 nitrogen and oxygen atoms in total. The van der Waals surface area contributed by atoms with Crippen LogP contribution in [0.3, 0.4) is 0 Å². The molecule has 19 heavy (non-hydrogen) atoms. The predicted octanol–water partition coefficient (Wildman–Crippen LogP) is 2.02. The summed E-state index contributed by atoms with van der Waals surface area (Å²) in [6.07, 6.45) is 0.855. The van der Waals surface area contributed by atoms with Crippen molar-refractivity contribution in [2.45, 2.75) is 26.3 Å². The summed E-state index contributed by atoms with van der Waals surface area (Å²) in [5, 5.41) is 2.78. The zero-order chi connectivity index (χ0) is 14.4. The molecule has 1 rings (SSSR count). The number of carbonyl (C=O) groups is 1. The topological polar surface area (TPSA) is 73.6 Å². The number of nitrogens with two attached hydrogens (primary N) is 1. The Balaban J connectivity index is 2.84. The lowest BCUT2D eigenvalue weighted by molar-refractivity contribution is -0.118. The molecule has 0 spiro atoms. The van der Waals surface area contributed by atoms with E-state index in [1.165, 1.54) is 0 Å². The van der Waals surface area contributed by atoms with E-state index >= 15 is 0 Å². The zero-order valence-electron chi connectivity index (χ0n) is 11.9. The maximum atomic E-state index is 12.0. The van der Waals surface area contributed by atoms with Gasteiger partial charge in [0.15, 0.2) is 0 Å². The SMILES string of the molecule is CCC(C)C(N)C(=O)Nc1ccc(OC)cc1OC. The third-order valence-corrected chi connectivity index (χ3v) is 3.23. The Morgan fingerprint density at radius 2 is 2.05 bits per heavy atom. The second-order valence-electron chi connectivity index (χ2n) is 4.47. The second kappa shape index (κ2) is 6.99. The van der Waals surface area contributed by atoms with Gasteiger partial charge >= 0.3 is 0 Å². The van der Waals surface area contributed by atoms with Crippen molar-refractivity contribution in [1.82, 2.24) is 0 Å². The number of ether oxygens (including phenoxy) is 2. The number of amides is 1. The summed E-state index contributed by atoms with van der Waals surface area (Å²) >= 11 is 0. The molecule has 1 amide bonds. The molecule has 2 unspecified atom stereocenters. The summed E-state index contributed by atoms with van der Waals surface area (Å²) in [6, 6.07) is 4.67. The molecule has 1 aromatic rings. The summed E-state index contributed by atoms with van der Waals surface area (Å²) in [4.78, 5) is 12.0. The Labute approximate surface area is 114 Å². The molecular weight excluding hydrogens is 244 g/mol. The summed E-state index contributed by atoms with van der Waals surface area (Å²) in [5.41, 5.74) is 6.48. The molecule has 0 aliphatic carbocycles. The van der Waals surface area contributed by atoms with Crippen LogP contribution in [0.2, 0.25) is 0 Å². The third-order valence-electron chi connectivity index (χ3n) is 3.23. The van der Waals surface area contributed by atoms with Gasteiger partial charge in [-0.05, 0) is 18.1 Å². The van der Waals surface area contributed by atoms with E-state index in [0.717, 1.165) is 6.42 Å². The van der Waals surface area contributed by atoms with Crippen LogP contribution in [-0.2, 0) is 4.79 Å². The largest absolute Gasteiger partial charge is 0.497 e. The van der Waals surface area contributed by atoms with Crippen molar-refractivity contribution < 1.29 is 14.3 Å². The van der Waals surface area contributed by atoms with Gasteiger partial charge in [-0.15, -0.1) is 0 Å². The molecule has 0 aromatic heterocycles. The smallest absolute Gasteiger partial charge is 0.241 e. The molecule has 0 fully saturated rings. The maximum Gasteiger partial charge on any atom is 0.241 e. The molecule has 0 heterocycles. The van der Waals surface area contributed by atoms with Gasteiger partial charge in [-0.3, -0.25) is 4.79 Å².